The van der Waals surface area contributed by atoms with Crippen molar-refractivity contribution in [3.63, 3.8) is 0 Å². The SMILES string of the molecule is Cc1ccc(S(=O)(=O)n2ccc3c(OCCCOc4cccc5c4ccn5S(=O)(=O)c4ccc(C)cc4)cccc32)cc1. The second-order valence-corrected chi connectivity index (χ2v) is 13.9. The third-order valence-corrected chi connectivity index (χ3v) is 10.7. The van der Waals surface area contributed by atoms with Crippen LogP contribution in [0.4, 0.5) is 0 Å². The summed E-state index contributed by atoms with van der Waals surface area (Å²) in [5.74, 6) is 1.16. The maximum atomic E-state index is 13.3. The first kappa shape index (κ1) is 28.6. The number of ether oxygens (including phenoxy) is 2. The van der Waals surface area contributed by atoms with Gasteiger partial charge in [-0.05, 0) is 74.5 Å². The molecule has 4 aromatic carbocycles. The molecule has 0 aliphatic heterocycles. The molecule has 0 spiro atoms. The fraction of sp³-hybridized carbons (Fsp3) is 0.152. The fourth-order valence-electron chi connectivity index (χ4n) is 4.97. The lowest BCUT2D eigenvalue weighted by Gasteiger charge is -2.11. The highest BCUT2D eigenvalue weighted by atomic mass is 32.2. The van der Waals surface area contributed by atoms with E-state index in [9.17, 15) is 16.8 Å². The molecular weight excluding hydrogens is 585 g/mol. The highest BCUT2D eigenvalue weighted by Gasteiger charge is 2.21. The van der Waals surface area contributed by atoms with Gasteiger partial charge in [-0.2, -0.15) is 0 Å². The van der Waals surface area contributed by atoms with E-state index in [4.69, 9.17) is 9.47 Å². The van der Waals surface area contributed by atoms with E-state index in [0.717, 1.165) is 11.1 Å². The van der Waals surface area contributed by atoms with Gasteiger partial charge in [0.2, 0.25) is 0 Å². The monoisotopic (exact) mass is 614 g/mol. The number of fused-ring (bicyclic) bond motifs is 2. The maximum absolute atomic E-state index is 13.3. The van der Waals surface area contributed by atoms with Crippen LogP contribution in [-0.4, -0.2) is 38.0 Å². The van der Waals surface area contributed by atoms with Crippen LogP contribution in [0.2, 0.25) is 0 Å². The Balaban J connectivity index is 1.13. The van der Waals surface area contributed by atoms with Crippen LogP contribution < -0.4 is 9.47 Å². The normalized spacial score (nSPS) is 12.1. The maximum Gasteiger partial charge on any atom is 0.268 e. The van der Waals surface area contributed by atoms with Gasteiger partial charge in [0.1, 0.15) is 11.5 Å². The van der Waals surface area contributed by atoms with Gasteiger partial charge in [-0.3, -0.25) is 0 Å². The predicted molar refractivity (Wildman–Crippen MR) is 167 cm³/mol. The number of nitrogens with zero attached hydrogens (tertiary/aromatic N) is 2. The molecule has 0 unspecified atom stereocenters. The van der Waals surface area contributed by atoms with Crippen molar-refractivity contribution in [1.82, 2.24) is 7.94 Å². The first-order valence-corrected chi connectivity index (χ1v) is 16.6. The predicted octanol–water partition coefficient (Wildman–Crippen LogP) is 6.53. The number of rotatable bonds is 10. The van der Waals surface area contributed by atoms with Crippen molar-refractivity contribution in [2.45, 2.75) is 30.1 Å². The zero-order valence-corrected chi connectivity index (χ0v) is 25.3. The molecular formula is C33H30N2O6S2. The molecule has 0 aliphatic carbocycles. The minimum atomic E-state index is -3.76. The third-order valence-electron chi connectivity index (χ3n) is 7.27. The Kier molecular flexibility index (Phi) is 7.49. The summed E-state index contributed by atoms with van der Waals surface area (Å²) in [6.07, 6.45) is 3.64. The Labute approximate surface area is 250 Å². The summed E-state index contributed by atoms with van der Waals surface area (Å²) in [5, 5.41) is 1.39. The van der Waals surface area contributed by atoms with Crippen LogP contribution in [0.25, 0.3) is 21.8 Å². The molecule has 6 rings (SSSR count). The van der Waals surface area contributed by atoms with Gasteiger partial charge in [-0.15, -0.1) is 0 Å². The number of hydrogen-bond donors (Lipinski definition) is 0. The first-order valence-electron chi connectivity index (χ1n) is 13.8. The van der Waals surface area contributed by atoms with E-state index < -0.39 is 20.0 Å². The molecule has 0 fully saturated rings. The van der Waals surface area contributed by atoms with Gasteiger partial charge in [0, 0.05) is 29.6 Å². The van der Waals surface area contributed by atoms with E-state index in [1.54, 1.807) is 97.3 Å². The number of aromatic nitrogens is 2. The Hall–Kier alpha value is -4.54. The van der Waals surface area contributed by atoms with Crippen molar-refractivity contribution >= 4 is 41.9 Å². The van der Waals surface area contributed by atoms with Crippen LogP contribution in [0.5, 0.6) is 11.5 Å². The second-order valence-electron chi connectivity index (χ2n) is 10.3. The zero-order chi connectivity index (χ0) is 30.2. The summed E-state index contributed by atoms with van der Waals surface area (Å²) in [6, 6.07) is 27.7. The van der Waals surface area contributed by atoms with E-state index in [2.05, 4.69) is 0 Å². The number of hydrogen-bond acceptors (Lipinski definition) is 6. The molecule has 6 aromatic rings. The lowest BCUT2D eigenvalue weighted by atomic mass is 10.2. The Morgan fingerprint density at radius 3 is 1.33 bits per heavy atom. The molecule has 0 bridgehead atoms. The van der Waals surface area contributed by atoms with Crippen molar-refractivity contribution in [2.24, 2.45) is 0 Å². The molecule has 0 radical (unpaired) electrons. The second kappa shape index (κ2) is 11.3. The standard InChI is InChI=1S/C33H30N2O6S2/c1-24-10-14-26(15-11-24)42(36,37)34-20-18-28-30(34)6-3-8-32(28)40-22-5-23-41-33-9-4-7-31-29(33)19-21-35(31)43(38,39)27-16-12-25(2)13-17-27/h3-4,6-21H,5,22-23H2,1-2H3. The molecule has 0 saturated heterocycles. The van der Waals surface area contributed by atoms with Crippen molar-refractivity contribution in [3.8, 4) is 11.5 Å². The molecule has 8 nitrogen and oxygen atoms in total. The summed E-state index contributed by atoms with van der Waals surface area (Å²) in [4.78, 5) is 0.439. The average Bonchev–Trinajstić information content (AvgIpc) is 3.64. The van der Waals surface area contributed by atoms with Crippen LogP contribution in [0.15, 0.2) is 119 Å². The van der Waals surface area contributed by atoms with E-state index >= 15 is 0 Å². The van der Waals surface area contributed by atoms with Gasteiger partial charge >= 0.3 is 0 Å². The molecule has 43 heavy (non-hydrogen) atoms. The summed E-state index contributed by atoms with van der Waals surface area (Å²) < 4.78 is 67.7. The topological polar surface area (TPSA) is 96.6 Å². The quantitative estimate of drug-likeness (QED) is 0.163. The van der Waals surface area contributed by atoms with Gasteiger partial charge in [-0.25, -0.2) is 24.8 Å². The summed E-state index contributed by atoms with van der Waals surface area (Å²) in [6.45, 7) is 4.50. The van der Waals surface area contributed by atoms with Gasteiger partial charge < -0.3 is 9.47 Å². The van der Waals surface area contributed by atoms with Crippen molar-refractivity contribution < 1.29 is 26.3 Å². The molecule has 10 heteroatoms. The van der Waals surface area contributed by atoms with Crippen molar-refractivity contribution in [1.29, 1.82) is 0 Å². The van der Waals surface area contributed by atoms with Crippen LogP contribution in [0.1, 0.15) is 17.5 Å². The highest BCUT2D eigenvalue weighted by Crippen LogP contribution is 2.31. The molecule has 0 amide bonds. The zero-order valence-electron chi connectivity index (χ0n) is 23.7. The molecule has 220 valence electrons. The van der Waals surface area contributed by atoms with Gasteiger partial charge in [0.25, 0.3) is 20.0 Å². The molecule has 0 saturated carbocycles. The number of benzene rings is 4. The van der Waals surface area contributed by atoms with Crippen LogP contribution in [0.3, 0.4) is 0 Å². The van der Waals surface area contributed by atoms with Gasteiger partial charge in [0.05, 0.1) is 34.0 Å². The summed E-state index contributed by atoms with van der Waals surface area (Å²) >= 11 is 0. The smallest absolute Gasteiger partial charge is 0.268 e. The Morgan fingerprint density at radius 2 is 0.930 bits per heavy atom. The van der Waals surface area contributed by atoms with Crippen molar-refractivity contribution in [2.75, 3.05) is 13.2 Å². The Bertz CT molecular complexity index is 1990. The van der Waals surface area contributed by atoms with E-state index in [1.807, 2.05) is 26.0 Å². The average molecular weight is 615 g/mol. The summed E-state index contributed by atoms with van der Waals surface area (Å²) in [7, 11) is -7.51. The molecule has 2 heterocycles. The molecule has 2 aromatic heterocycles. The first-order chi connectivity index (χ1) is 20.7. The minimum Gasteiger partial charge on any atom is -0.493 e. The van der Waals surface area contributed by atoms with Gasteiger partial charge in [-0.1, -0.05) is 47.5 Å². The van der Waals surface area contributed by atoms with E-state index in [1.165, 1.54) is 7.94 Å². The highest BCUT2D eigenvalue weighted by molar-refractivity contribution is 7.90. The minimum absolute atomic E-state index is 0.220. The van der Waals surface area contributed by atoms with Gasteiger partial charge in [0.15, 0.2) is 0 Å². The lowest BCUT2D eigenvalue weighted by molar-refractivity contribution is 0.250. The molecule has 0 atom stereocenters. The van der Waals surface area contributed by atoms with Crippen LogP contribution in [-0.2, 0) is 20.0 Å². The van der Waals surface area contributed by atoms with E-state index in [-0.39, 0.29) is 9.79 Å². The van der Waals surface area contributed by atoms with Crippen molar-refractivity contribution in [3.05, 3.63) is 121 Å². The van der Waals surface area contributed by atoms with Crippen LogP contribution in [0, 0.1) is 13.8 Å². The third kappa shape index (κ3) is 5.39. The Morgan fingerprint density at radius 1 is 0.535 bits per heavy atom. The van der Waals surface area contributed by atoms with Crippen LogP contribution >= 0.6 is 0 Å². The summed E-state index contributed by atoms with van der Waals surface area (Å²) in [5.41, 5.74) is 3.03. The molecule has 0 N–H and O–H groups in total. The fourth-order valence-corrected chi connectivity index (χ4v) is 7.66. The largest absolute Gasteiger partial charge is 0.493 e. The molecule has 0 aliphatic rings. The van der Waals surface area contributed by atoms with E-state index in [0.29, 0.717) is 52.9 Å². The lowest BCUT2D eigenvalue weighted by Crippen LogP contribution is -2.12. The number of aryl methyl sites for hydroxylation is 2.